The molecule has 6 heteroatoms. The van der Waals surface area contributed by atoms with E-state index in [9.17, 15) is 8.42 Å². The van der Waals surface area contributed by atoms with E-state index in [4.69, 9.17) is 16.3 Å². The molecule has 0 atom stereocenters. The smallest absolute Gasteiger partial charge is 0.175 e. The highest BCUT2D eigenvalue weighted by atomic mass is 35.5. The summed E-state index contributed by atoms with van der Waals surface area (Å²) in [4.78, 5) is 0.278. The third-order valence-electron chi connectivity index (χ3n) is 3.22. The molecule has 0 saturated heterocycles. The molecule has 1 saturated carbocycles. The third-order valence-corrected chi connectivity index (χ3v) is 4.66. The number of halogens is 1. The van der Waals surface area contributed by atoms with Gasteiger partial charge in [0, 0.05) is 18.9 Å². The fourth-order valence-corrected chi connectivity index (χ4v) is 2.94. The Kier molecular flexibility index (Phi) is 4.38. The van der Waals surface area contributed by atoms with Crippen molar-refractivity contribution in [3.63, 3.8) is 0 Å². The number of hydrogen-bond acceptors (Lipinski definition) is 4. The Bertz CT molecular complexity index is 553. The van der Waals surface area contributed by atoms with E-state index in [2.05, 4.69) is 5.32 Å². The van der Waals surface area contributed by atoms with Crippen LogP contribution in [0, 0.1) is 0 Å². The van der Waals surface area contributed by atoms with Crippen LogP contribution in [0.1, 0.15) is 19.8 Å². The SMILES string of the molecule is CCOC1CC(Nc2cc(S(C)(=O)=O)ccc2Cl)C1. The van der Waals surface area contributed by atoms with Crippen LogP contribution in [0.3, 0.4) is 0 Å². The van der Waals surface area contributed by atoms with Gasteiger partial charge in [-0.25, -0.2) is 8.42 Å². The van der Waals surface area contributed by atoms with E-state index in [1.165, 1.54) is 12.3 Å². The summed E-state index contributed by atoms with van der Waals surface area (Å²) in [6, 6.07) is 5.01. The molecule has 1 N–H and O–H groups in total. The molecule has 0 spiro atoms. The van der Waals surface area contributed by atoms with Crippen LogP contribution in [0.5, 0.6) is 0 Å². The number of anilines is 1. The molecule has 0 radical (unpaired) electrons. The van der Waals surface area contributed by atoms with Gasteiger partial charge < -0.3 is 10.1 Å². The second-order valence-electron chi connectivity index (χ2n) is 4.80. The van der Waals surface area contributed by atoms with Crippen LogP contribution in [-0.2, 0) is 14.6 Å². The van der Waals surface area contributed by atoms with Crippen LogP contribution in [-0.4, -0.2) is 33.4 Å². The lowest BCUT2D eigenvalue weighted by Crippen LogP contribution is -2.40. The first kappa shape index (κ1) is 14.6. The van der Waals surface area contributed by atoms with Crippen LogP contribution in [0.15, 0.2) is 23.1 Å². The van der Waals surface area contributed by atoms with Crippen molar-refractivity contribution in [2.24, 2.45) is 0 Å². The fourth-order valence-electron chi connectivity index (χ4n) is 2.12. The van der Waals surface area contributed by atoms with Gasteiger partial charge in [-0.1, -0.05) is 11.6 Å². The first-order valence-electron chi connectivity index (χ1n) is 6.28. The summed E-state index contributed by atoms with van der Waals surface area (Å²) < 4.78 is 28.5. The van der Waals surface area contributed by atoms with Crippen molar-refractivity contribution in [1.82, 2.24) is 0 Å². The van der Waals surface area contributed by atoms with Crippen molar-refractivity contribution >= 4 is 27.1 Å². The summed E-state index contributed by atoms with van der Waals surface area (Å²) in [5.41, 5.74) is 0.671. The quantitative estimate of drug-likeness (QED) is 0.908. The van der Waals surface area contributed by atoms with Gasteiger partial charge >= 0.3 is 0 Å². The van der Waals surface area contributed by atoms with Crippen molar-refractivity contribution in [1.29, 1.82) is 0 Å². The van der Waals surface area contributed by atoms with Crippen molar-refractivity contribution < 1.29 is 13.2 Å². The van der Waals surface area contributed by atoms with E-state index in [1.54, 1.807) is 12.1 Å². The predicted octanol–water partition coefficient (Wildman–Crippen LogP) is 2.72. The zero-order valence-electron chi connectivity index (χ0n) is 11.0. The number of rotatable bonds is 5. The molecule has 0 heterocycles. The molecule has 4 nitrogen and oxygen atoms in total. The van der Waals surface area contributed by atoms with Crippen molar-refractivity contribution in [3.05, 3.63) is 23.2 Å². The lowest BCUT2D eigenvalue weighted by Gasteiger charge is -2.36. The molecule has 2 rings (SSSR count). The van der Waals surface area contributed by atoms with Crippen molar-refractivity contribution in [2.45, 2.75) is 36.8 Å². The Morgan fingerprint density at radius 2 is 2.11 bits per heavy atom. The van der Waals surface area contributed by atoms with Gasteiger partial charge in [-0.3, -0.25) is 0 Å². The first-order valence-corrected chi connectivity index (χ1v) is 8.55. The van der Waals surface area contributed by atoms with Gasteiger partial charge in [0.2, 0.25) is 0 Å². The molecule has 1 aromatic rings. The van der Waals surface area contributed by atoms with Gasteiger partial charge in [-0.15, -0.1) is 0 Å². The highest BCUT2D eigenvalue weighted by molar-refractivity contribution is 7.90. The lowest BCUT2D eigenvalue weighted by molar-refractivity contribution is 0.00299. The maximum absolute atomic E-state index is 11.5. The van der Waals surface area contributed by atoms with Gasteiger partial charge in [0.1, 0.15) is 0 Å². The molecule has 0 amide bonds. The van der Waals surface area contributed by atoms with Crippen LogP contribution < -0.4 is 5.32 Å². The maximum atomic E-state index is 11.5. The van der Waals surface area contributed by atoms with Gasteiger partial charge in [-0.2, -0.15) is 0 Å². The van der Waals surface area contributed by atoms with E-state index in [-0.39, 0.29) is 4.90 Å². The molecule has 1 aliphatic rings. The standard InChI is InChI=1S/C13H18ClNO3S/c1-3-18-10-6-9(7-10)15-13-8-11(19(2,16)17)4-5-12(13)14/h4-5,8-10,15H,3,6-7H2,1-2H3. The maximum Gasteiger partial charge on any atom is 0.175 e. The number of benzene rings is 1. The minimum atomic E-state index is -3.21. The second-order valence-corrected chi connectivity index (χ2v) is 7.23. The third kappa shape index (κ3) is 3.61. The minimum Gasteiger partial charge on any atom is -0.381 e. The monoisotopic (exact) mass is 303 g/mol. The van der Waals surface area contributed by atoms with Crippen LogP contribution in [0.25, 0.3) is 0 Å². The number of ether oxygens (including phenoxy) is 1. The molecule has 0 unspecified atom stereocenters. The van der Waals surface area contributed by atoms with Crippen molar-refractivity contribution in [3.8, 4) is 0 Å². The topological polar surface area (TPSA) is 55.4 Å². The van der Waals surface area contributed by atoms with E-state index in [1.807, 2.05) is 6.92 Å². The largest absolute Gasteiger partial charge is 0.381 e. The van der Waals surface area contributed by atoms with Crippen molar-refractivity contribution in [2.75, 3.05) is 18.2 Å². The summed E-state index contributed by atoms with van der Waals surface area (Å²) in [5.74, 6) is 0. The molecule has 106 valence electrons. The summed E-state index contributed by atoms with van der Waals surface area (Å²) in [6.45, 7) is 2.70. The highest BCUT2D eigenvalue weighted by Gasteiger charge is 2.29. The van der Waals surface area contributed by atoms with Crippen LogP contribution in [0.2, 0.25) is 5.02 Å². The number of nitrogens with one attached hydrogen (secondary N) is 1. The predicted molar refractivity (Wildman–Crippen MR) is 76.6 cm³/mol. The van der Waals surface area contributed by atoms with Crippen LogP contribution >= 0.6 is 11.6 Å². The Morgan fingerprint density at radius 1 is 1.42 bits per heavy atom. The van der Waals surface area contributed by atoms with Gasteiger partial charge in [0.15, 0.2) is 9.84 Å². The Hall–Kier alpha value is -0.780. The van der Waals surface area contributed by atoms with Crippen LogP contribution in [0.4, 0.5) is 5.69 Å². The molecule has 1 aliphatic carbocycles. The summed E-state index contributed by atoms with van der Waals surface area (Å²) in [6.07, 6.45) is 3.34. The molecular weight excluding hydrogens is 286 g/mol. The van der Waals surface area contributed by atoms with E-state index < -0.39 is 9.84 Å². The summed E-state index contributed by atoms with van der Waals surface area (Å²) in [5, 5.41) is 3.81. The normalized spacial score (nSPS) is 22.9. The Labute approximate surface area is 119 Å². The summed E-state index contributed by atoms with van der Waals surface area (Å²) in [7, 11) is -3.21. The Morgan fingerprint density at radius 3 is 2.68 bits per heavy atom. The lowest BCUT2D eigenvalue weighted by atomic mass is 9.89. The van der Waals surface area contributed by atoms with Gasteiger partial charge in [-0.05, 0) is 38.0 Å². The Balaban J connectivity index is 2.05. The first-order chi connectivity index (χ1) is 8.90. The molecule has 0 aliphatic heterocycles. The minimum absolute atomic E-state index is 0.278. The van der Waals surface area contributed by atoms with E-state index in [0.717, 1.165) is 19.4 Å². The number of hydrogen-bond donors (Lipinski definition) is 1. The molecule has 0 bridgehead atoms. The van der Waals surface area contributed by atoms with E-state index >= 15 is 0 Å². The van der Waals surface area contributed by atoms with Gasteiger partial charge in [0.05, 0.1) is 21.7 Å². The highest BCUT2D eigenvalue weighted by Crippen LogP contribution is 2.31. The van der Waals surface area contributed by atoms with E-state index in [0.29, 0.717) is 22.9 Å². The number of sulfone groups is 1. The average Bonchev–Trinajstić information content (AvgIpc) is 2.27. The molecule has 19 heavy (non-hydrogen) atoms. The second kappa shape index (κ2) is 5.69. The molecule has 1 aromatic carbocycles. The molecule has 0 aromatic heterocycles. The zero-order valence-corrected chi connectivity index (χ0v) is 12.6. The fraction of sp³-hybridized carbons (Fsp3) is 0.538. The molecular formula is C13H18ClNO3S. The van der Waals surface area contributed by atoms with Gasteiger partial charge in [0.25, 0.3) is 0 Å². The zero-order chi connectivity index (χ0) is 14.0. The average molecular weight is 304 g/mol. The molecule has 1 fully saturated rings. The summed E-state index contributed by atoms with van der Waals surface area (Å²) >= 11 is 6.08.